The minimum absolute atomic E-state index is 0.0353. The number of H-pyrrole nitrogens is 1. The Labute approximate surface area is 272 Å². The highest BCUT2D eigenvalue weighted by Crippen LogP contribution is 2.39. The van der Waals surface area contributed by atoms with Gasteiger partial charge in [0.05, 0.1) is 45.3 Å². The first-order valence-electron chi connectivity index (χ1n) is 16.1. The van der Waals surface area contributed by atoms with Gasteiger partial charge in [-0.2, -0.15) is 15.1 Å². The van der Waals surface area contributed by atoms with Crippen molar-refractivity contribution in [3.8, 4) is 5.75 Å². The third kappa shape index (κ3) is 7.29. The minimum Gasteiger partial charge on any atom is -0.489 e. The number of anilines is 4. The molecule has 2 aromatic carbocycles. The third-order valence-electron chi connectivity index (χ3n) is 8.77. The molecule has 12 heteroatoms. The second-order valence-corrected chi connectivity index (χ2v) is 14.8. The molecule has 248 valence electrons. The SMILES string of the molecule is CCC(C)S(=O)(=O)c1ccccc1Nc1nc(Nc2cc(C)c(C3CCN(CCOC)CC3)cc2OC(C)C)nc2[nH]nc(C)c12. The Morgan fingerprint density at radius 3 is 2.48 bits per heavy atom. The molecule has 46 heavy (non-hydrogen) atoms. The van der Waals surface area contributed by atoms with Crippen molar-refractivity contribution in [2.75, 3.05) is 44.0 Å². The number of piperidine rings is 1. The van der Waals surface area contributed by atoms with Gasteiger partial charge in [0, 0.05) is 13.7 Å². The highest BCUT2D eigenvalue weighted by molar-refractivity contribution is 7.92. The summed E-state index contributed by atoms with van der Waals surface area (Å²) in [6, 6.07) is 11.2. The van der Waals surface area contributed by atoms with Crippen LogP contribution >= 0.6 is 0 Å². The fraction of sp³-hybridized carbons (Fsp3) is 0.500. The van der Waals surface area contributed by atoms with Crippen LogP contribution in [0, 0.1) is 13.8 Å². The van der Waals surface area contributed by atoms with Gasteiger partial charge in [0.1, 0.15) is 11.6 Å². The lowest BCUT2D eigenvalue weighted by molar-refractivity contribution is 0.130. The van der Waals surface area contributed by atoms with E-state index in [1.807, 2.05) is 27.7 Å². The first-order valence-corrected chi connectivity index (χ1v) is 17.7. The Balaban J connectivity index is 1.49. The number of hydrogen-bond acceptors (Lipinski definition) is 10. The number of methoxy groups -OCH3 is 1. The van der Waals surface area contributed by atoms with Gasteiger partial charge in [-0.15, -0.1) is 0 Å². The van der Waals surface area contributed by atoms with E-state index >= 15 is 0 Å². The predicted octanol–water partition coefficient (Wildman–Crippen LogP) is 6.64. The molecular formula is C34H47N7O4S. The maximum Gasteiger partial charge on any atom is 0.231 e. The number of sulfone groups is 1. The van der Waals surface area contributed by atoms with E-state index in [-0.39, 0.29) is 11.0 Å². The van der Waals surface area contributed by atoms with Crippen molar-refractivity contribution in [2.24, 2.45) is 0 Å². The number of benzene rings is 2. The van der Waals surface area contributed by atoms with Crippen molar-refractivity contribution in [1.82, 2.24) is 25.1 Å². The molecule has 5 rings (SSSR count). The fourth-order valence-electron chi connectivity index (χ4n) is 6.01. The normalized spacial score (nSPS) is 15.4. The number of nitrogens with zero attached hydrogens (tertiary/aromatic N) is 4. The smallest absolute Gasteiger partial charge is 0.231 e. The molecule has 1 saturated heterocycles. The van der Waals surface area contributed by atoms with Crippen LogP contribution in [0.4, 0.5) is 23.1 Å². The van der Waals surface area contributed by atoms with Crippen LogP contribution in [0.15, 0.2) is 41.3 Å². The monoisotopic (exact) mass is 649 g/mol. The number of aromatic amines is 1. The van der Waals surface area contributed by atoms with Gasteiger partial charge in [-0.05, 0) is 108 Å². The average Bonchev–Trinajstić information content (AvgIpc) is 3.41. The van der Waals surface area contributed by atoms with E-state index in [1.54, 1.807) is 38.3 Å². The Kier molecular flexibility index (Phi) is 10.5. The molecule has 0 aliphatic carbocycles. The number of likely N-dealkylation sites (tertiary alicyclic amines) is 1. The highest BCUT2D eigenvalue weighted by Gasteiger charge is 2.26. The zero-order valence-corrected chi connectivity index (χ0v) is 28.8. The van der Waals surface area contributed by atoms with Crippen LogP contribution < -0.4 is 15.4 Å². The van der Waals surface area contributed by atoms with Gasteiger partial charge in [-0.25, -0.2) is 8.42 Å². The van der Waals surface area contributed by atoms with Crippen molar-refractivity contribution in [2.45, 2.75) is 83.0 Å². The van der Waals surface area contributed by atoms with Gasteiger partial charge in [-0.1, -0.05) is 19.1 Å². The van der Waals surface area contributed by atoms with Crippen LogP contribution in [-0.2, 0) is 14.6 Å². The summed E-state index contributed by atoms with van der Waals surface area (Å²) in [6.45, 7) is 15.4. The molecule has 2 aromatic heterocycles. The topological polar surface area (TPSA) is 134 Å². The van der Waals surface area contributed by atoms with Gasteiger partial charge in [0.2, 0.25) is 5.95 Å². The van der Waals surface area contributed by atoms with Crippen LogP contribution in [-0.4, -0.2) is 78.2 Å². The number of para-hydroxylation sites is 1. The summed E-state index contributed by atoms with van der Waals surface area (Å²) in [5.74, 6) is 1.96. The molecule has 11 nitrogen and oxygen atoms in total. The molecule has 1 aliphatic rings. The number of rotatable bonds is 13. The third-order valence-corrected chi connectivity index (χ3v) is 11.1. The zero-order chi connectivity index (χ0) is 33.0. The first-order chi connectivity index (χ1) is 22.0. The Morgan fingerprint density at radius 1 is 1.04 bits per heavy atom. The lowest BCUT2D eigenvalue weighted by Crippen LogP contribution is -2.35. The molecule has 0 bridgehead atoms. The number of fused-ring (bicyclic) bond motifs is 1. The van der Waals surface area contributed by atoms with Crippen LogP contribution in [0.1, 0.15) is 69.7 Å². The molecule has 0 saturated carbocycles. The van der Waals surface area contributed by atoms with Gasteiger partial charge in [0.25, 0.3) is 0 Å². The molecule has 3 heterocycles. The standard InChI is InChI=1S/C34H47N7O4S/c1-8-23(5)46(42,43)30-12-10-9-11-27(30)35-32-31-24(6)39-40-33(31)38-34(37-32)36-28-19-22(4)26(20-29(28)45-21(2)3)25-13-15-41(16-14-25)17-18-44-7/h9-12,19-21,23,25H,8,13-18H2,1-7H3,(H3,35,36,37,38,39,40). The van der Waals surface area contributed by atoms with E-state index in [9.17, 15) is 8.42 Å². The second kappa shape index (κ2) is 14.4. The number of aromatic nitrogens is 4. The van der Waals surface area contributed by atoms with Gasteiger partial charge >= 0.3 is 0 Å². The Bertz CT molecular complexity index is 1760. The first kappa shape index (κ1) is 33.6. The van der Waals surface area contributed by atoms with Crippen molar-refractivity contribution in [1.29, 1.82) is 0 Å². The van der Waals surface area contributed by atoms with E-state index in [0.717, 1.165) is 50.5 Å². The molecule has 0 spiro atoms. The molecular weight excluding hydrogens is 602 g/mol. The van der Waals surface area contributed by atoms with Crippen molar-refractivity contribution < 1.29 is 17.9 Å². The quantitative estimate of drug-likeness (QED) is 0.145. The Hall–Kier alpha value is -3.74. The summed E-state index contributed by atoms with van der Waals surface area (Å²) in [5, 5.41) is 14.2. The van der Waals surface area contributed by atoms with Crippen LogP contribution in [0.25, 0.3) is 11.0 Å². The summed E-state index contributed by atoms with van der Waals surface area (Å²) in [6.07, 6.45) is 2.64. The van der Waals surface area contributed by atoms with E-state index in [1.165, 1.54) is 11.1 Å². The number of hydrogen-bond donors (Lipinski definition) is 3. The van der Waals surface area contributed by atoms with Crippen molar-refractivity contribution >= 4 is 44.0 Å². The predicted molar refractivity (Wildman–Crippen MR) is 184 cm³/mol. The van der Waals surface area contributed by atoms with E-state index < -0.39 is 15.1 Å². The Morgan fingerprint density at radius 2 is 1.78 bits per heavy atom. The molecule has 1 unspecified atom stereocenters. The van der Waals surface area contributed by atoms with Gasteiger partial charge < -0.3 is 25.0 Å². The van der Waals surface area contributed by atoms with Gasteiger partial charge in [0.15, 0.2) is 15.5 Å². The maximum absolute atomic E-state index is 13.4. The minimum atomic E-state index is -3.56. The van der Waals surface area contributed by atoms with Gasteiger partial charge in [-0.3, -0.25) is 5.10 Å². The van der Waals surface area contributed by atoms with Crippen molar-refractivity contribution in [3.63, 3.8) is 0 Å². The average molecular weight is 650 g/mol. The van der Waals surface area contributed by atoms with E-state index in [4.69, 9.17) is 19.4 Å². The molecule has 4 aromatic rings. The summed E-state index contributed by atoms with van der Waals surface area (Å²) < 4.78 is 38.4. The molecule has 3 N–H and O–H groups in total. The molecule has 1 atom stereocenters. The molecule has 0 amide bonds. The van der Waals surface area contributed by atoms with Crippen LogP contribution in [0.2, 0.25) is 0 Å². The molecule has 0 radical (unpaired) electrons. The summed E-state index contributed by atoms with van der Waals surface area (Å²) >= 11 is 0. The summed E-state index contributed by atoms with van der Waals surface area (Å²) in [5.41, 5.74) is 4.91. The number of aryl methyl sites for hydroxylation is 2. The number of nitrogens with one attached hydrogen (secondary N) is 3. The zero-order valence-electron chi connectivity index (χ0n) is 28.0. The number of ether oxygens (including phenoxy) is 2. The lowest BCUT2D eigenvalue weighted by atomic mass is 9.86. The summed E-state index contributed by atoms with van der Waals surface area (Å²) in [4.78, 5) is 12.3. The highest BCUT2D eigenvalue weighted by atomic mass is 32.2. The van der Waals surface area contributed by atoms with E-state index in [2.05, 4.69) is 44.8 Å². The fourth-order valence-corrected chi connectivity index (χ4v) is 7.57. The second-order valence-electron chi connectivity index (χ2n) is 12.4. The van der Waals surface area contributed by atoms with Crippen molar-refractivity contribution in [3.05, 3.63) is 53.2 Å². The van der Waals surface area contributed by atoms with E-state index in [0.29, 0.717) is 46.5 Å². The van der Waals surface area contributed by atoms with Crippen LogP contribution in [0.5, 0.6) is 5.75 Å². The molecule has 1 fully saturated rings. The largest absolute Gasteiger partial charge is 0.489 e. The lowest BCUT2D eigenvalue weighted by Gasteiger charge is -2.33. The molecule has 1 aliphatic heterocycles. The summed E-state index contributed by atoms with van der Waals surface area (Å²) in [7, 11) is -1.81. The maximum atomic E-state index is 13.4. The van der Waals surface area contributed by atoms with Crippen LogP contribution in [0.3, 0.4) is 0 Å².